The summed E-state index contributed by atoms with van der Waals surface area (Å²) < 4.78 is 6.77. The molecule has 25 heavy (non-hydrogen) atoms. The van der Waals surface area contributed by atoms with E-state index in [0.717, 1.165) is 6.42 Å². The van der Waals surface area contributed by atoms with Crippen LogP contribution in [-0.2, 0) is 4.43 Å². The lowest BCUT2D eigenvalue weighted by Gasteiger charge is -2.40. The Morgan fingerprint density at radius 2 is 1.56 bits per heavy atom. The lowest BCUT2D eigenvalue weighted by atomic mass is 9.98. The third kappa shape index (κ3) is 10.4. The SMILES string of the molecule is CCC[C@H](C)/C=C/[C@@H](O[Si](C)(C)C(C)(C)C)[C@H](C)CC#C[Si](C)(C)C. The van der Waals surface area contributed by atoms with Crippen LogP contribution in [0, 0.1) is 23.3 Å². The van der Waals surface area contributed by atoms with E-state index in [-0.39, 0.29) is 11.1 Å². The Bertz CT molecular complexity index is 469. The van der Waals surface area contributed by atoms with Crippen LogP contribution < -0.4 is 0 Å². The molecule has 146 valence electrons. The molecule has 0 aliphatic carbocycles. The van der Waals surface area contributed by atoms with E-state index in [1.807, 2.05) is 0 Å². The third-order valence-corrected chi connectivity index (χ3v) is 10.5. The van der Waals surface area contributed by atoms with Gasteiger partial charge in [0.15, 0.2) is 8.32 Å². The normalized spacial score (nSPS) is 17.1. The van der Waals surface area contributed by atoms with Crippen LogP contribution >= 0.6 is 0 Å². The quantitative estimate of drug-likeness (QED) is 0.244. The van der Waals surface area contributed by atoms with Gasteiger partial charge >= 0.3 is 0 Å². The first-order chi connectivity index (χ1) is 11.2. The Balaban J connectivity index is 5.27. The third-order valence-electron chi connectivity index (χ3n) is 5.06. The summed E-state index contributed by atoms with van der Waals surface area (Å²) in [6.07, 6.45) is 8.28. The molecule has 0 spiro atoms. The van der Waals surface area contributed by atoms with Crippen molar-refractivity contribution in [2.75, 3.05) is 0 Å². The van der Waals surface area contributed by atoms with E-state index in [1.54, 1.807) is 0 Å². The second kappa shape index (κ2) is 10.1. The zero-order valence-corrected chi connectivity index (χ0v) is 20.9. The van der Waals surface area contributed by atoms with Gasteiger partial charge in [-0.05, 0) is 36.4 Å². The highest BCUT2D eigenvalue weighted by Crippen LogP contribution is 2.38. The first-order valence-electron chi connectivity index (χ1n) is 10.1. The zero-order chi connectivity index (χ0) is 19.9. The van der Waals surface area contributed by atoms with Crippen LogP contribution in [0.4, 0.5) is 0 Å². The predicted octanol–water partition coefficient (Wildman–Crippen LogP) is 7.28. The highest BCUT2D eigenvalue weighted by atomic mass is 28.4. The van der Waals surface area contributed by atoms with Gasteiger partial charge in [-0.25, -0.2) is 0 Å². The largest absolute Gasteiger partial charge is 0.410 e. The second-order valence-electron chi connectivity index (χ2n) is 10.2. The topological polar surface area (TPSA) is 9.23 Å². The van der Waals surface area contributed by atoms with E-state index in [4.69, 9.17) is 4.43 Å². The van der Waals surface area contributed by atoms with E-state index in [2.05, 4.69) is 97.9 Å². The van der Waals surface area contributed by atoms with Crippen molar-refractivity contribution in [3.05, 3.63) is 12.2 Å². The summed E-state index contributed by atoms with van der Waals surface area (Å²) in [6, 6.07) is 0. The summed E-state index contributed by atoms with van der Waals surface area (Å²) >= 11 is 0. The van der Waals surface area contributed by atoms with Gasteiger partial charge in [-0.15, -0.1) is 11.5 Å². The fraction of sp³-hybridized carbons (Fsp3) is 0.818. The van der Waals surface area contributed by atoms with Gasteiger partial charge in [0, 0.05) is 6.42 Å². The molecule has 0 bridgehead atoms. The molecule has 0 radical (unpaired) electrons. The summed E-state index contributed by atoms with van der Waals surface area (Å²) in [6.45, 7) is 25.4. The number of allylic oxidation sites excluding steroid dienone is 1. The minimum Gasteiger partial charge on any atom is -0.410 e. The smallest absolute Gasteiger partial charge is 0.192 e. The molecule has 0 N–H and O–H groups in total. The molecule has 0 saturated carbocycles. The van der Waals surface area contributed by atoms with Gasteiger partial charge < -0.3 is 4.43 Å². The molecule has 0 unspecified atom stereocenters. The molecule has 0 aromatic heterocycles. The van der Waals surface area contributed by atoms with Crippen molar-refractivity contribution < 1.29 is 4.43 Å². The van der Waals surface area contributed by atoms with Gasteiger partial charge in [-0.1, -0.05) is 79.8 Å². The van der Waals surface area contributed by atoms with Gasteiger partial charge in [0.25, 0.3) is 0 Å². The number of hydrogen-bond donors (Lipinski definition) is 0. The van der Waals surface area contributed by atoms with E-state index in [1.165, 1.54) is 12.8 Å². The zero-order valence-electron chi connectivity index (χ0n) is 18.9. The Hall–Kier alpha value is -0.306. The molecular formula is C22H44OSi2. The molecule has 0 saturated heterocycles. The molecule has 0 aromatic carbocycles. The van der Waals surface area contributed by atoms with E-state index < -0.39 is 16.4 Å². The molecule has 0 heterocycles. The van der Waals surface area contributed by atoms with Crippen molar-refractivity contribution >= 4 is 16.4 Å². The fourth-order valence-corrected chi connectivity index (χ4v) is 4.28. The maximum atomic E-state index is 6.77. The average Bonchev–Trinajstić information content (AvgIpc) is 2.40. The highest BCUT2D eigenvalue weighted by Gasteiger charge is 2.39. The van der Waals surface area contributed by atoms with Crippen LogP contribution in [0.1, 0.15) is 60.8 Å². The number of rotatable bonds is 8. The molecule has 1 nitrogen and oxygen atoms in total. The first-order valence-corrected chi connectivity index (χ1v) is 16.5. The van der Waals surface area contributed by atoms with Crippen LogP contribution in [0.2, 0.25) is 37.8 Å². The summed E-state index contributed by atoms with van der Waals surface area (Å²) in [5, 5.41) is 0.234. The van der Waals surface area contributed by atoms with Crippen LogP contribution in [0.25, 0.3) is 0 Å². The molecule has 0 rings (SSSR count). The summed E-state index contributed by atoms with van der Waals surface area (Å²) in [4.78, 5) is 0. The van der Waals surface area contributed by atoms with Crippen LogP contribution in [-0.4, -0.2) is 22.5 Å². The Morgan fingerprint density at radius 1 is 1.00 bits per heavy atom. The van der Waals surface area contributed by atoms with Crippen molar-refractivity contribution in [2.24, 2.45) is 11.8 Å². The number of hydrogen-bond acceptors (Lipinski definition) is 1. The second-order valence-corrected chi connectivity index (χ2v) is 19.7. The molecule has 3 heteroatoms. The summed E-state index contributed by atoms with van der Waals surface area (Å²) in [7, 11) is -3.08. The average molecular weight is 381 g/mol. The summed E-state index contributed by atoms with van der Waals surface area (Å²) in [5.74, 6) is 4.51. The van der Waals surface area contributed by atoms with Gasteiger partial charge in [0.05, 0.1) is 6.10 Å². The Morgan fingerprint density at radius 3 is 2.00 bits per heavy atom. The van der Waals surface area contributed by atoms with Crippen LogP contribution in [0.5, 0.6) is 0 Å². The highest BCUT2D eigenvalue weighted by molar-refractivity contribution is 6.83. The maximum absolute atomic E-state index is 6.77. The standard InChI is InChI=1S/C22H44OSi2/c1-12-14-19(2)16-17-21(23-25(10,11)22(4,5)6)20(3)15-13-18-24(7,8)9/h16-17,19-21H,12,14-15H2,1-11H3/b17-16+/t19-,20+,21+/m0/s1. The van der Waals surface area contributed by atoms with E-state index in [0.29, 0.717) is 11.8 Å². The van der Waals surface area contributed by atoms with Crippen molar-refractivity contribution in [3.63, 3.8) is 0 Å². The van der Waals surface area contributed by atoms with Gasteiger partial charge in [0.2, 0.25) is 0 Å². The van der Waals surface area contributed by atoms with Gasteiger partial charge in [-0.2, -0.15) is 0 Å². The molecule has 0 aliphatic heterocycles. The fourth-order valence-electron chi connectivity index (χ4n) is 2.31. The van der Waals surface area contributed by atoms with Gasteiger partial charge in [-0.3, -0.25) is 0 Å². The molecule has 3 atom stereocenters. The van der Waals surface area contributed by atoms with Crippen molar-refractivity contribution in [1.82, 2.24) is 0 Å². The molecular weight excluding hydrogens is 336 g/mol. The van der Waals surface area contributed by atoms with E-state index >= 15 is 0 Å². The molecule has 0 fully saturated rings. The van der Waals surface area contributed by atoms with Crippen LogP contribution in [0.3, 0.4) is 0 Å². The minimum absolute atomic E-state index is 0.177. The van der Waals surface area contributed by atoms with Gasteiger partial charge in [0.1, 0.15) is 8.07 Å². The van der Waals surface area contributed by atoms with Crippen molar-refractivity contribution in [2.45, 2.75) is 105 Å². The van der Waals surface area contributed by atoms with Crippen LogP contribution in [0.15, 0.2) is 12.2 Å². The Labute approximate surface area is 161 Å². The maximum Gasteiger partial charge on any atom is 0.192 e. The lowest BCUT2D eigenvalue weighted by Crippen LogP contribution is -2.45. The predicted molar refractivity (Wildman–Crippen MR) is 120 cm³/mol. The minimum atomic E-state index is -1.79. The first kappa shape index (κ1) is 24.7. The molecule has 0 aliphatic rings. The van der Waals surface area contributed by atoms with Crippen molar-refractivity contribution in [1.29, 1.82) is 0 Å². The summed E-state index contributed by atoms with van der Waals surface area (Å²) in [5.41, 5.74) is 3.51. The van der Waals surface area contributed by atoms with E-state index in [9.17, 15) is 0 Å². The lowest BCUT2D eigenvalue weighted by molar-refractivity contribution is 0.170. The molecule has 0 aromatic rings. The Kier molecular flexibility index (Phi) is 10.0. The molecule has 0 amide bonds. The van der Waals surface area contributed by atoms with Crippen molar-refractivity contribution in [3.8, 4) is 11.5 Å². The monoisotopic (exact) mass is 380 g/mol.